The second-order valence-corrected chi connectivity index (χ2v) is 6.27. The van der Waals surface area contributed by atoms with Crippen LogP contribution < -0.4 is 4.90 Å². The largest absolute Gasteiger partial charge is 0.329 e. The van der Waals surface area contributed by atoms with Crippen LogP contribution in [0.4, 0.5) is 5.82 Å². The lowest BCUT2D eigenvalue weighted by Crippen LogP contribution is -2.27. The van der Waals surface area contributed by atoms with E-state index in [0.29, 0.717) is 19.0 Å². The van der Waals surface area contributed by atoms with Crippen molar-refractivity contribution in [3.8, 4) is 11.4 Å². The number of carbonyl (C=O) groups excluding carboxylic acids is 1. The van der Waals surface area contributed by atoms with E-state index in [2.05, 4.69) is 4.98 Å². The number of hydrogen-bond donors (Lipinski definition) is 0. The van der Waals surface area contributed by atoms with Crippen LogP contribution in [0.25, 0.3) is 22.3 Å². The van der Waals surface area contributed by atoms with Crippen molar-refractivity contribution >= 4 is 34.0 Å². The Morgan fingerprint density at radius 2 is 2.09 bits per heavy atom. The van der Waals surface area contributed by atoms with Crippen LogP contribution in [0.15, 0.2) is 41.1 Å². The van der Waals surface area contributed by atoms with Gasteiger partial charge in [-0.1, -0.05) is 12.1 Å². The third-order valence-electron chi connectivity index (χ3n) is 4.06. The monoisotopic (exact) mass is 324 g/mol. The molecule has 116 valence electrons. The highest BCUT2D eigenvalue weighted by Crippen LogP contribution is 2.29. The number of benzene rings is 1. The molecule has 1 aliphatic heterocycles. The molecule has 0 saturated carbocycles. The second-order valence-electron chi connectivity index (χ2n) is 5.49. The molecule has 0 radical (unpaired) electrons. The molecule has 0 bridgehead atoms. The minimum absolute atomic E-state index is 0.146. The summed E-state index contributed by atoms with van der Waals surface area (Å²) in [6, 6.07) is 9.98. The van der Waals surface area contributed by atoms with Crippen LogP contribution in [0.5, 0.6) is 0 Å². The highest BCUT2D eigenvalue weighted by molar-refractivity contribution is 7.08. The molecular formula is C17H16N4OS. The van der Waals surface area contributed by atoms with Crippen molar-refractivity contribution in [2.45, 2.75) is 6.92 Å². The molecule has 2 aromatic heterocycles. The predicted octanol–water partition coefficient (Wildman–Crippen LogP) is 2.98. The maximum Gasteiger partial charge on any atom is 0.243 e. The van der Waals surface area contributed by atoms with Crippen LogP contribution in [-0.2, 0) is 4.79 Å². The van der Waals surface area contributed by atoms with Crippen molar-refractivity contribution in [3.63, 3.8) is 0 Å². The summed E-state index contributed by atoms with van der Waals surface area (Å²) in [7, 11) is 0. The van der Waals surface area contributed by atoms with E-state index < -0.39 is 0 Å². The fourth-order valence-corrected chi connectivity index (χ4v) is 3.47. The van der Waals surface area contributed by atoms with Gasteiger partial charge in [-0.25, -0.2) is 9.97 Å². The average molecular weight is 324 g/mol. The molecule has 1 amide bonds. The number of fused-ring (bicyclic) bond motifs is 1. The molecule has 0 atom stereocenters. The van der Waals surface area contributed by atoms with E-state index in [-0.39, 0.29) is 5.91 Å². The van der Waals surface area contributed by atoms with Crippen LogP contribution in [0.3, 0.4) is 0 Å². The highest BCUT2D eigenvalue weighted by Gasteiger charge is 2.28. The summed E-state index contributed by atoms with van der Waals surface area (Å²) < 4.78 is 0. The number of aromatic nitrogens is 2. The summed E-state index contributed by atoms with van der Waals surface area (Å²) in [6.07, 6.45) is 0. The molecule has 0 spiro atoms. The van der Waals surface area contributed by atoms with E-state index in [9.17, 15) is 4.79 Å². The molecule has 3 aromatic rings. The maximum atomic E-state index is 12.1. The number of carbonyl (C=O) groups is 1. The Balaban J connectivity index is 1.86. The Morgan fingerprint density at radius 1 is 1.22 bits per heavy atom. The molecule has 1 aromatic carbocycles. The Hall–Kier alpha value is -2.47. The minimum atomic E-state index is 0.146. The Kier molecular flexibility index (Phi) is 3.46. The predicted molar refractivity (Wildman–Crippen MR) is 92.5 cm³/mol. The van der Waals surface area contributed by atoms with Gasteiger partial charge in [0, 0.05) is 22.9 Å². The van der Waals surface area contributed by atoms with E-state index in [4.69, 9.17) is 4.98 Å². The molecule has 1 fully saturated rings. The molecule has 0 aliphatic carbocycles. The van der Waals surface area contributed by atoms with E-state index in [1.165, 1.54) is 0 Å². The molecule has 23 heavy (non-hydrogen) atoms. The van der Waals surface area contributed by atoms with Gasteiger partial charge in [0.05, 0.1) is 12.2 Å². The topological polar surface area (TPSA) is 49.3 Å². The van der Waals surface area contributed by atoms with Crippen molar-refractivity contribution in [2.75, 3.05) is 24.7 Å². The third-order valence-corrected chi connectivity index (χ3v) is 4.75. The van der Waals surface area contributed by atoms with E-state index >= 15 is 0 Å². The fourth-order valence-electron chi connectivity index (χ4n) is 2.84. The average Bonchev–Trinajstić information content (AvgIpc) is 3.23. The Morgan fingerprint density at radius 3 is 2.83 bits per heavy atom. The highest BCUT2D eigenvalue weighted by atomic mass is 32.1. The molecule has 4 rings (SSSR count). The zero-order chi connectivity index (χ0) is 15.8. The van der Waals surface area contributed by atoms with Crippen molar-refractivity contribution in [3.05, 3.63) is 41.1 Å². The number of rotatable bonds is 3. The zero-order valence-corrected chi connectivity index (χ0v) is 13.6. The smallest absolute Gasteiger partial charge is 0.243 e. The number of thiophene rings is 1. The standard InChI is InChI=1S/C17H16N4OS/c1-2-20-11-21(9-15(20)22)17-13-5-3-4-6-14(13)18-16(19-17)12-7-8-23-10-12/h3-8,10H,2,9,11H2,1H3. The number of hydrogen-bond acceptors (Lipinski definition) is 5. The van der Waals surface area contributed by atoms with Crippen LogP contribution in [0.1, 0.15) is 6.92 Å². The maximum absolute atomic E-state index is 12.1. The van der Waals surface area contributed by atoms with Crippen molar-refractivity contribution < 1.29 is 4.79 Å². The number of anilines is 1. The summed E-state index contributed by atoms with van der Waals surface area (Å²) in [6.45, 7) is 3.67. The van der Waals surface area contributed by atoms with Crippen LogP contribution in [0, 0.1) is 0 Å². The van der Waals surface area contributed by atoms with Gasteiger partial charge in [-0.15, -0.1) is 0 Å². The van der Waals surface area contributed by atoms with Crippen molar-refractivity contribution in [1.82, 2.24) is 14.9 Å². The first-order chi connectivity index (χ1) is 11.3. The van der Waals surface area contributed by atoms with E-state index in [0.717, 1.165) is 28.8 Å². The molecule has 5 nitrogen and oxygen atoms in total. The zero-order valence-electron chi connectivity index (χ0n) is 12.8. The van der Waals surface area contributed by atoms with Gasteiger partial charge >= 0.3 is 0 Å². The summed E-state index contributed by atoms with van der Waals surface area (Å²) in [5, 5.41) is 5.05. The van der Waals surface area contributed by atoms with Gasteiger partial charge in [0.1, 0.15) is 12.4 Å². The van der Waals surface area contributed by atoms with Gasteiger partial charge in [0.15, 0.2) is 5.82 Å². The van der Waals surface area contributed by atoms with Gasteiger partial charge < -0.3 is 9.80 Å². The number of likely N-dealkylation sites (N-methyl/N-ethyl adjacent to an activating group) is 1. The van der Waals surface area contributed by atoms with E-state index in [1.807, 2.05) is 57.8 Å². The van der Waals surface area contributed by atoms with Gasteiger partial charge in [0.25, 0.3) is 0 Å². The molecule has 0 unspecified atom stereocenters. The third kappa shape index (κ3) is 2.45. The Labute approximate surface area is 138 Å². The van der Waals surface area contributed by atoms with E-state index in [1.54, 1.807) is 11.3 Å². The van der Waals surface area contributed by atoms with Crippen LogP contribution in [0.2, 0.25) is 0 Å². The lowest BCUT2D eigenvalue weighted by molar-refractivity contribution is -0.126. The van der Waals surface area contributed by atoms with Gasteiger partial charge in [0.2, 0.25) is 5.91 Å². The summed E-state index contributed by atoms with van der Waals surface area (Å²) in [4.78, 5) is 25.4. The first kappa shape index (κ1) is 14.1. The fraction of sp³-hybridized carbons (Fsp3) is 0.235. The normalized spacial score (nSPS) is 14.9. The summed E-state index contributed by atoms with van der Waals surface area (Å²) >= 11 is 1.63. The SMILES string of the molecule is CCN1CN(c2nc(-c3ccsc3)nc3ccccc23)CC1=O. The molecule has 0 N–H and O–H groups in total. The molecule has 6 heteroatoms. The van der Waals surface area contributed by atoms with Crippen molar-refractivity contribution in [2.24, 2.45) is 0 Å². The van der Waals surface area contributed by atoms with Gasteiger partial charge in [-0.3, -0.25) is 4.79 Å². The lowest BCUT2D eigenvalue weighted by atomic mass is 10.2. The number of nitrogens with zero attached hydrogens (tertiary/aromatic N) is 4. The van der Waals surface area contributed by atoms with Gasteiger partial charge in [-0.2, -0.15) is 11.3 Å². The summed E-state index contributed by atoms with van der Waals surface area (Å²) in [5.41, 5.74) is 1.92. The minimum Gasteiger partial charge on any atom is -0.329 e. The van der Waals surface area contributed by atoms with Crippen molar-refractivity contribution in [1.29, 1.82) is 0 Å². The lowest BCUT2D eigenvalue weighted by Gasteiger charge is -2.19. The first-order valence-electron chi connectivity index (χ1n) is 7.58. The Bertz CT molecular complexity index is 862. The van der Waals surface area contributed by atoms with Crippen LogP contribution >= 0.6 is 11.3 Å². The van der Waals surface area contributed by atoms with Gasteiger partial charge in [-0.05, 0) is 30.5 Å². The second kappa shape index (κ2) is 5.62. The molecule has 3 heterocycles. The molecular weight excluding hydrogens is 308 g/mol. The molecule has 1 aliphatic rings. The first-order valence-corrected chi connectivity index (χ1v) is 8.52. The quantitative estimate of drug-likeness (QED) is 0.743. The summed E-state index contributed by atoms with van der Waals surface area (Å²) in [5.74, 6) is 1.69. The number of amides is 1. The van der Waals surface area contributed by atoms with Crippen LogP contribution in [-0.4, -0.2) is 40.5 Å². The molecule has 1 saturated heterocycles. The number of para-hydroxylation sites is 1.